The molecule has 0 fully saturated rings. The molecular weight excluding hydrogens is 376 g/mol. The first-order chi connectivity index (χ1) is 13.5. The first-order valence-corrected chi connectivity index (χ1v) is 9.82. The summed E-state index contributed by atoms with van der Waals surface area (Å²) in [5.41, 5.74) is 2.11. The van der Waals surface area contributed by atoms with Crippen molar-refractivity contribution >= 4 is 33.4 Å². The van der Waals surface area contributed by atoms with Crippen molar-refractivity contribution in [3.63, 3.8) is 0 Å². The molecule has 1 aromatic heterocycles. The Morgan fingerprint density at radius 2 is 1.82 bits per heavy atom. The number of aromatic nitrogens is 1. The van der Waals surface area contributed by atoms with Crippen molar-refractivity contribution in [1.82, 2.24) is 9.88 Å². The van der Waals surface area contributed by atoms with E-state index in [4.69, 9.17) is 9.47 Å². The molecule has 0 saturated heterocycles. The highest BCUT2D eigenvalue weighted by Crippen LogP contribution is 2.22. The van der Waals surface area contributed by atoms with E-state index in [-0.39, 0.29) is 19.1 Å². The average Bonchev–Trinajstić information content (AvgIpc) is 3.13. The van der Waals surface area contributed by atoms with Gasteiger partial charge < -0.3 is 14.4 Å². The maximum atomic E-state index is 12.2. The van der Waals surface area contributed by atoms with Crippen LogP contribution in [0.3, 0.4) is 0 Å². The molecule has 1 amide bonds. The molecule has 7 heteroatoms. The van der Waals surface area contributed by atoms with E-state index in [2.05, 4.69) is 11.9 Å². The van der Waals surface area contributed by atoms with Crippen LogP contribution in [0, 0.1) is 0 Å². The maximum Gasteiger partial charge on any atom is 0.344 e. The largest absolute Gasteiger partial charge is 0.482 e. The second-order valence-corrected chi connectivity index (χ2v) is 7.39. The van der Waals surface area contributed by atoms with Gasteiger partial charge in [-0.05, 0) is 36.2 Å². The topological polar surface area (TPSA) is 68.7 Å². The lowest BCUT2D eigenvalue weighted by Gasteiger charge is -2.15. The molecule has 0 spiro atoms. The molecule has 2 aromatic carbocycles. The molecule has 0 saturated carbocycles. The van der Waals surface area contributed by atoms with Crippen molar-refractivity contribution < 1.29 is 19.1 Å². The van der Waals surface area contributed by atoms with Crippen LogP contribution in [0.5, 0.6) is 5.75 Å². The van der Waals surface area contributed by atoms with Crippen LogP contribution in [0.4, 0.5) is 0 Å². The van der Waals surface area contributed by atoms with Gasteiger partial charge >= 0.3 is 5.97 Å². The smallest absolute Gasteiger partial charge is 0.344 e. The molecule has 3 aromatic rings. The second kappa shape index (κ2) is 9.32. The number of carbonyl (C=O) groups excluding carboxylic acids is 2. The highest BCUT2D eigenvalue weighted by molar-refractivity contribution is 7.18. The van der Waals surface area contributed by atoms with Crippen LogP contribution in [0.25, 0.3) is 10.2 Å². The fraction of sp³-hybridized carbons (Fsp3) is 0.286. The SMILES string of the molecule is CCc1ccc(OCC(=O)OCC(=O)N(C)Cc2nc3ccccc3s2)cc1. The number of thiazole rings is 1. The summed E-state index contributed by atoms with van der Waals surface area (Å²) in [6, 6.07) is 15.3. The summed E-state index contributed by atoms with van der Waals surface area (Å²) in [6.45, 7) is 1.88. The minimum absolute atomic E-state index is 0.236. The van der Waals surface area contributed by atoms with E-state index in [0.717, 1.165) is 21.6 Å². The van der Waals surface area contributed by atoms with Gasteiger partial charge in [0.15, 0.2) is 13.2 Å². The first-order valence-electron chi connectivity index (χ1n) is 9.01. The Morgan fingerprint density at radius 3 is 2.54 bits per heavy atom. The number of esters is 1. The van der Waals surface area contributed by atoms with Gasteiger partial charge in [0.2, 0.25) is 0 Å². The lowest BCUT2D eigenvalue weighted by Crippen LogP contribution is -2.31. The maximum absolute atomic E-state index is 12.2. The molecule has 0 unspecified atom stereocenters. The van der Waals surface area contributed by atoms with Gasteiger partial charge in [0.05, 0.1) is 16.8 Å². The van der Waals surface area contributed by atoms with E-state index >= 15 is 0 Å². The number of hydrogen-bond acceptors (Lipinski definition) is 6. The fourth-order valence-corrected chi connectivity index (χ4v) is 3.56. The minimum Gasteiger partial charge on any atom is -0.482 e. The highest BCUT2D eigenvalue weighted by Gasteiger charge is 2.15. The van der Waals surface area contributed by atoms with Crippen molar-refractivity contribution in [3.8, 4) is 5.75 Å². The van der Waals surface area contributed by atoms with Gasteiger partial charge in [0, 0.05) is 7.05 Å². The number of nitrogens with zero attached hydrogens (tertiary/aromatic N) is 2. The quantitative estimate of drug-likeness (QED) is 0.544. The first kappa shape index (κ1) is 19.8. The van der Waals surface area contributed by atoms with E-state index in [1.165, 1.54) is 10.5 Å². The number of likely N-dealkylation sites (N-methyl/N-ethyl adjacent to an activating group) is 1. The Balaban J connectivity index is 1.42. The van der Waals surface area contributed by atoms with E-state index < -0.39 is 5.97 Å². The number of aryl methyl sites for hydroxylation is 1. The molecule has 3 rings (SSSR count). The summed E-state index contributed by atoms with van der Waals surface area (Å²) in [6.07, 6.45) is 0.939. The number of para-hydroxylation sites is 1. The Bertz CT molecular complexity index is 919. The summed E-state index contributed by atoms with van der Waals surface area (Å²) in [5, 5.41) is 0.835. The summed E-state index contributed by atoms with van der Waals surface area (Å²) >= 11 is 1.54. The summed E-state index contributed by atoms with van der Waals surface area (Å²) in [7, 11) is 1.66. The van der Waals surface area contributed by atoms with E-state index in [1.54, 1.807) is 18.4 Å². The number of ether oxygens (including phenoxy) is 2. The molecule has 0 radical (unpaired) electrons. The molecule has 0 aliphatic rings. The standard InChI is InChI=1S/C21H22N2O4S/c1-3-15-8-10-16(11-9-15)26-14-21(25)27-13-20(24)23(2)12-19-22-17-6-4-5-7-18(17)28-19/h4-11H,3,12-14H2,1-2H3. The third kappa shape index (κ3) is 5.29. The summed E-state index contributed by atoms with van der Waals surface area (Å²) < 4.78 is 11.5. The fourth-order valence-electron chi connectivity index (χ4n) is 2.54. The Labute approximate surface area is 167 Å². The third-order valence-corrected chi connectivity index (χ3v) is 5.20. The van der Waals surface area contributed by atoms with Gasteiger partial charge in [-0.1, -0.05) is 31.2 Å². The average molecular weight is 398 g/mol. The molecule has 6 nitrogen and oxygen atoms in total. The molecule has 28 heavy (non-hydrogen) atoms. The minimum atomic E-state index is -0.582. The molecule has 0 N–H and O–H groups in total. The van der Waals surface area contributed by atoms with E-state index in [0.29, 0.717) is 12.3 Å². The van der Waals surface area contributed by atoms with Crippen molar-refractivity contribution in [3.05, 3.63) is 59.1 Å². The van der Waals surface area contributed by atoms with Gasteiger partial charge in [0.1, 0.15) is 10.8 Å². The van der Waals surface area contributed by atoms with Gasteiger partial charge in [0.25, 0.3) is 5.91 Å². The van der Waals surface area contributed by atoms with Crippen LogP contribution in [0.15, 0.2) is 48.5 Å². The number of fused-ring (bicyclic) bond motifs is 1. The van der Waals surface area contributed by atoms with Gasteiger partial charge in [-0.3, -0.25) is 4.79 Å². The van der Waals surface area contributed by atoms with Gasteiger partial charge in [-0.15, -0.1) is 11.3 Å². The van der Waals surface area contributed by atoms with Crippen LogP contribution in [0.1, 0.15) is 17.5 Å². The lowest BCUT2D eigenvalue weighted by molar-refractivity contribution is -0.153. The number of rotatable bonds is 8. The lowest BCUT2D eigenvalue weighted by atomic mass is 10.2. The zero-order valence-electron chi connectivity index (χ0n) is 15.9. The third-order valence-electron chi connectivity index (χ3n) is 4.18. The summed E-state index contributed by atoms with van der Waals surface area (Å²) in [4.78, 5) is 30.0. The van der Waals surface area contributed by atoms with Crippen LogP contribution in [-0.2, 0) is 27.3 Å². The van der Waals surface area contributed by atoms with E-state index in [1.807, 2.05) is 48.5 Å². The number of benzene rings is 2. The zero-order valence-corrected chi connectivity index (χ0v) is 16.7. The Morgan fingerprint density at radius 1 is 1.07 bits per heavy atom. The predicted molar refractivity (Wildman–Crippen MR) is 108 cm³/mol. The van der Waals surface area contributed by atoms with Crippen molar-refractivity contribution in [2.24, 2.45) is 0 Å². The van der Waals surface area contributed by atoms with Crippen LogP contribution in [0.2, 0.25) is 0 Å². The second-order valence-electron chi connectivity index (χ2n) is 6.27. The van der Waals surface area contributed by atoms with Gasteiger partial charge in [-0.2, -0.15) is 0 Å². The highest BCUT2D eigenvalue weighted by atomic mass is 32.1. The monoisotopic (exact) mass is 398 g/mol. The van der Waals surface area contributed by atoms with Crippen LogP contribution < -0.4 is 4.74 Å². The normalized spacial score (nSPS) is 10.6. The molecule has 0 atom stereocenters. The molecule has 0 bridgehead atoms. The van der Waals surface area contributed by atoms with Crippen molar-refractivity contribution in [2.75, 3.05) is 20.3 Å². The zero-order chi connectivity index (χ0) is 19.9. The molecule has 0 aliphatic heterocycles. The summed E-state index contributed by atoms with van der Waals surface area (Å²) in [5.74, 6) is -0.283. The van der Waals surface area contributed by atoms with Crippen molar-refractivity contribution in [2.45, 2.75) is 19.9 Å². The van der Waals surface area contributed by atoms with E-state index in [9.17, 15) is 9.59 Å². The number of carbonyl (C=O) groups is 2. The molecule has 146 valence electrons. The Hall–Kier alpha value is -2.93. The van der Waals surface area contributed by atoms with Gasteiger partial charge in [-0.25, -0.2) is 9.78 Å². The Kier molecular flexibility index (Phi) is 6.60. The number of amides is 1. The molecular formula is C21H22N2O4S. The van der Waals surface area contributed by atoms with Crippen molar-refractivity contribution in [1.29, 1.82) is 0 Å². The molecule has 1 heterocycles. The van der Waals surface area contributed by atoms with Crippen LogP contribution in [-0.4, -0.2) is 42.0 Å². The predicted octanol–water partition coefficient (Wildman–Crippen LogP) is 3.44. The molecule has 0 aliphatic carbocycles. The van der Waals surface area contributed by atoms with Crippen LogP contribution >= 0.6 is 11.3 Å². The number of hydrogen-bond donors (Lipinski definition) is 0.